The quantitative estimate of drug-likeness (QED) is 0.459. The van der Waals surface area contributed by atoms with E-state index in [4.69, 9.17) is 9.97 Å². The number of hydrogen-bond acceptors (Lipinski definition) is 2. The Morgan fingerprint density at radius 3 is 2.26 bits per heavy atom. The van der Waals surface area contributed by atoms with Gasteiger partial charge in [0.25, 0.3) is 0 Å². The van der Waals surface area contributed by atoms with Crippen molar-refractivity contribution in [2.45, 2.75) is 0 Å². The fourth-order valence-electron chi connectivity index (χ4n) is 3.68. The number of rotatable bonds is 2. The highest BCUT2D eigenvalue weighted by molar-refractivity contribution is 6.05. The minimum atomic E-state index is 0.754. The van der Waals surface area contributed by atoms with Crippen LogP contribution in [0.1, 0.15) is 0 Å². The van der Waals surface area contributed by atoms with Crippen LogP contribution in [0.15, 0.2) is 78.9 Å². The maximum atomic E-state index is 4.99. The van der Waals surface area contributed by atoms with Gasteiger partial charge >= 0.3 is 0 Å². The highest BCUT2D eigenvalue weighted by Gasteiger charge is 2.20. The highest BCUT2D eigenvalue weighted by Crippen LogP contribution is 2.32. The molecule has 5 nitrogen and oxygen atoms in total. The molecule has 3 heterocycles. The van der Waals surface area contributed by atoms with Crippen molar-refractivity contribution in [1.29, 1.82) is 0 Å². The summed E-state index contributed by atoms with van der Waals surface area (Å²) in [6.07, 6.45) is 0. The van der Waals surface area contributed by atoms with Gasteiger partial charge < -0.3 is 9.97 Å². The molecule has 6 aromatic rings. The number of aromatic nitrogens is 5. The third-order valence-corrected chi connectivity index (χ3v) is 4.93. The maximum Gasteiger partial charge on any atom is 0.215 e. The summed E-state index contributed by atoms with van der Waals surface area (Å²) in [7, 11) is 0. The van der Waals surface area contributed by atoms with Crippen molar-refractivity contribution in [2.24, 2.45) is 0 Å². The zero-order valence-electron chi connectivity index (χ0n) is 14.3. The van der Waals surface area contributed by atoms with Gasteiger partial charge in [-0.1, -0.05) is 60.7 Å². The van der Waals surface area contributed by atoms with Gasteiger partial charge in [0.15, 0.2) is 0 Å². The molecule has 0 bridgehead atoms. The summed E-state index contributed by atoms with van der Waals surface area (Å²) < 4.78 is 2.07. The molecule has 0 fully saturated rings. The van der Waals surface area contributed by atoms with Crippen LogP contribution in [0.5, 0.6) is 0 Å². The van der Waals surface area contributed by atoms with Gasteiger partial charge in [0.2, 0.25) is 5.95 Å². The number of fused-ring (bicyclic) bond motifs is 4. The smallest absolute Gasteiger partial charge is 0.215 e. The molecular weight excluding hydrogens is 334 g/mol. The number of H-pyrrole nitrogens is 2. The molecule has 0 unspecified atom stereocenters. The second kappa shape index (κ2) is 5.32. The summed E-state index contributed by atoms with van der Waals surface area (Å²) in [5, 5.41) is 1.11. The fraction of sp³-hybridized carbons (Fsp3) is 0. The highest BCUT2D eigenvalue weighted by atomic mass is 15.2. The van der Waals surface area contributed by atoms with Crippen LogP contribution in [0, 0.1) is 0 Å². The third kappa shape index (κ3) is 2.05. The Kier molecular flexibility index (Phi) is 2.82. The molecule has 27 heavy (non-hydrogen) atoms. The van der Waals surface area contributed by atoms with Crippen LogP contribution in [0.3, 0.4) is 0 Å². The van der Waals surface area contributed by atoms with E-state index in [0.717, 1.165) is 50.4 Å². The van der Waals surface area contributed by atoms with Crippen LogP contribution in [-0.4, -0.2) is 24.5 Å². The molecule has 0 atom stereocenters. The topological polar surface area (TPSA) is 62.3 Å². The van der Waals surface area contributed by atoms with E-state index in [-0.39, 0.29) is 0 Å². The number of imidazole rings is 2. The maximum absolute atomic E-state index is 4.99. The first kappa shape index (κ1) is 14.3. The van der Waals surface area contributed by atoms with Crippen LogP contribution in [0.25, 0.3) is 50.4 Å². The number of para-hydroxylation sites is 3. The molecule has 0 aliphatic rings. The summed E-state index contributed by atoms with van der Waals surface area (Å²) in [6.45, 7) is 0. The zero-order valence-corrected chi connectivity index (χ0v) is 14.3. The van der Waals surface area contributed by atoms with E-state index in [1.54, 1.807) is 0 Å². The molecule has 5 heteroatoms. The third-order valence-electron chi connectivity index (χ3n) is 4.93. The fourth-order valence-corrected chi connectivity index (χ4v) is 3.68. The number of nitrogens with one attached hydrogen (secondary N) is 2. The van der Waals surface area contributed by atoms with Crippen LogP contribution in [0.4, 0.5) is 0 Å². The van der Waals surface area contributed by atoms with Gasteiger partial charge in [0.1, 0.15) is 17.0 Å². The largest absolute Gasteiger partial charge is 0.339 e. The first-order valence-corrected chi connectivity index (χ1v) is 8.88. The summed E-state index contributed by atoms with van der Waals surface area (Å²) in [6, 6.07) is 26.5. The molecule has 3 aromatic carbocycles. The van der Waals surface area contributed by atoms with E-state index in [9.17, 15) is 0 Å². The summed E-state index contributed by atoms with van der Waals surface area (Å²) in [5.74, 6) is 1.62. The Morgan fingerprint density at radius 2 is 1.41 bits per heavy atom. The SMILES string of the molecule is c1ccc(-c2nc3c4ccccc4[nH]c3n2-c2nc3ccccc3[nH]2)cc1. The van der Waals surface area contributed by atoms with Crippen LogP contribution in [-0.2, 0) is 0 Å². The Bertz CT molecular complexity index is 1390. The Balaban J connectivity index is 1.74. The molecular formula is C22H15N5. The molecule has 2 N–H and O–H groups in total. The standard InChI is InChI=1S/C22H15N5/c1-2-8-14(9-3-1)20-26-19-15-10-4-5-11-16(15)23-21(19)27(20)22-24-17-12-6-7-13-18(17)25-22/h1-13,23H,(H,24,25). The number of nitrogens with zero attached hydrogens (tertiary/aromatic N) is 3. The molecule has 0 spiro atoms. The van der Waals surface area contributed by atoms with Crippen LogP contribution in [0.2, 0.25) is 0 Å². The molecule has 3 aromatic heterocycles. The molecule has 128 valence electrons. The summed E-state index contributed by atoms with van der Waals surface area (Å²) in [5.41, 5.74) is 5.94. The van der Waals surface area contributed by atoms with E-state index in [1.165, 1.54) is 0 Å². The first-order chi connectivity index (χ1) is 13.4. The molecule has 6 rings (SSSR count). The molecule has 0 saturated heterocycles. The average Bonchev–Trinajstić information content (AvgIpc) is 3.39. The normalized spacial score (nSPS) is 11.7. The van der Waals surface area contributed by atoms with Crippen molar-refractivity contribution in [3.8, 4) is 17.3 Å². The lowest BCUT2D eigenvalue weighted by molar-refractivity contribution is 0.992. The second-order valence-corrected chi connectivity index (χ2v) is 6.58. The lowest BCUT2D eigenvalue weighted by Crippen LogP contribution is -2.00. The monoisotopic (exact) mass is 349 g/mol. The minimum Gasteiger partial charge on any atom is -0.339 e. The first-order valence-electron chi connectivity index (χ1n) is 8.88. The number of aromatic amines is 2. The second-order valence-electron chi connectivity index (χ2n) is 6.58. The van der Waals surface area contributed by atoms with E-state index in [2.05, 4.69) is 38.8 Å². The van der Waals surface area contributed by atoms with Gasteiger partial charge in [-0.15, -0.1) is 0 Å². The van der Waals surface area contributed by atoms with Gasteiger partial charge in [-0.3, -0.25) is 0 Å². The summed E-state index contributed by atoms with van der Waals surface area (Å²) >= 11 is 0. The number of benzene rings is 3. The molecule has 0 amide bonds. The van der Waals surface area contributed by atoms with Gasteiger partial charge in [0, 0.05) is 16.5 Å². The lowest BCUT2D eigenvalue weighted by atomic mass is 10.2. The van der Waals surface area contributed by atoms with Crippen molar-refractivity contribution < 1.29 is 0 Å². The van der Waals surface area contributed by atoms with Gasteiger partial charge in [-0.05, 0) is 18.2 Å². The van der Waals surface area contributed by atoms with Crippen molar-refractivity contribution in [2.75, 3.05) is 0 Å². The van der Waals surface area contributed by atoms with Crippen molar-refractivity contribution in [3.63, 3.8) is 0 Å². The molecule has 0 aliphatic carbocycles. The van der Waals surface area contributed by atoms with Crippen molar-refractivity contribution in [1.82, 2.24) is 24.5 Å². The van der Waals surface area contributed by atoms with E-state index < -0.39 is 0 Å². The Labute approximate surface area is 154 Å². The van der Waals surface area contributed by atoms with Gasteiger partial charge in [0.05, 0.1) is 11.0 Å². The van der Waals surface area contributed by atoms with E-state index in [1.807, 2.05) is 54.6 Å². The zero-order chi connectivity index (χ0) is 17.8. The molecule has 0 saturated carbocycles. The molecule has 0 radical (unpaired) electrons. The van der Waals surface area contributed by atoms with Crippen LogP contribution >= 0.6 is 0 Å². The van der Waals surface area contributed by atoms with Crippen LogP contribution < -0.4 is 0 Å². The van der Waals surface area contributed by atoms with E-state index in [0.29, 0.717) is 0 Å². The Hall–Kier alpha value is -3.86. The number of hydrogen-bond donors (Lipinski definition) is 2. The average molecular weight is 349 g/mol. The minimum absolute atomic E-state index is 0.754. The predicted molar refractivity (Wildman–Crippen MR) is 108 cm³/mol. The van der Waals surface area contributed by atoms with Crippen molar-refractivity contribution >= 4 is 33.1 Å². The van der Waals surface area contributed by atoms with Gasteiger partial charge in [-0.2, -0.15) is 0 Å². The Morgan fingerprint density at radius 1 is 0.667 bits per heavy atom. The van der Waals surface area contributed by atoms with E-state index >= 15 is 0 Å². The van der Waals surface area contributed by atoms with Gasteiger partial charge in [-0.25, -0.2) is 14.5 Å². The predicted octanol–water partition coefficient (Wildman–Crippen LogP) is 5.05. The van der Waals surface area contributed by atoms with Crippen molar-refractivity contribution in [3.05, 3.63) is 78.9 Å². The summed E-state index contributed by atoms with van der Waals surface area (Å²) in [4.78, 5) is 16.8. The molecule has 0 aliphatic heterocycles. The lowest BCUT2D eigenvalue weighted by Gasteiger charge is -2.05.